The largest absolute Gasteiger partial charge is 0.454 e. The van der Waals surface area contributed by atoms with Gasteiger partial charge in [0.25, 0.3) is 0 Å². The molecule has 0 aromatic heterocycles. The van der Waals surface area contributed by atoms with Crippen molar-refractivity contribution >= 4 is 0 Å². The summed E-state index contributed by atoms with van der Waals surface area (Å²) < 4.78 is 10.6. The van der Waals surface area contributed by atoms with Crippen molar-refractivity contribution in [2.24, 2.45) is 11.8 Å². The monoisotopic (exact) mass is 248 g/mol. The lowest BCUT2D eigenvalue weighted by Gasteiger charge is -2.30. The molecule has 2 aliphatic rings. The highest BCUT2D eigenvalue weighted by molar-refractivity contribution is 5.45. The molecule has 1 aliphatic heterocycles. The van der Waals surface area contributed by atoms with E-state index in [2.05, 4.69) is 6.92 Å². The Bertz CT molecular complexity index is 422. The Morgan fingerprint density at radius 3 is 2.61 bits per heavy atom. The third kappa shape index (κ3) is 2.19. The fraction of sp³-hybridized carbons (Fsp3) is 0.600. The van der Waals surface area contributed by atoms with E-state index in [4.69, 9.17) is 9.47 Å². The van der Waals surface area contributed by atoms with Crippen LogP contribution in [0.25, 0.3) is 0 Å². The molecule has 18 heavy (non-hydrogen) atoms. The zero-order valence-electron chi connectivity index (χ0n) is 10.8. The summed E-state index contributed by atoms with van der Waals surface area (Å²) in [7, 11) is 0. The number of hydrogen-bond acceptors (Lipinski definition) is 3. The summed E-state index contributed by atoms with van der Waals surface area (Å²) in [6.07, 6.45) is 4.33. The maximum atomic E-state index is 10.5. The summed E-state index contributed by atoms with van der Waals surface area (Å²) in [4.78, 5) is 0. The molecule has 98 valence electrons. The molecule has 0 spiro atoms. The highest BCUT2D eigenvalue weighted by atomic mass is 16.7. The first-order valence-corrected chi connectivity index (χ1v) is 6.81. The third-order valence-electron chi connectivity index (χ3n) is 4.25. The van der Waals surface area contributed by atoms with E-state index >= 15 is 0 Å². The molecule has 0 saturated heterocycles. The molecule has 3 nitrogen and oxygen atoms in total. The van der Waals surface area contributed by atoms with Gasteiger partial charge in [0.05, 0.1) is 6.10 Å². The highest BCUT2D eigenvalue weighted by Crippen LogP contribution is 2.40. The summed E-state index contributed by atoms with van der Waals surface area (Å²) >= 11 is 0. The highest BCUT2D eigenvalue weighted by Gasteiger charge is 2.27. The van der Waals surface area contributed by atoms with Crippen LogP contribution in [0.5, 0.6) is 11.5 Å². The van der Waals surface area contributed by atoms with Crippen molar-refractivity contribution in [3.63, 3.8) is 0 Å². The first kappa shape index (κ1) is 11.8. The standard InChI is InChI=1S/C15H20O3/c1-10-2-4-11(5-3-10)15(16)12-6-7-13-14(8-12)18-9-17-13/h6-8,10-11,15-16H,2-5,9H2,1H3. The number of aliphatic hydroxyl groups is 1. The Kier molecular flexibility index (Phi) is 3.16. The summed E-state index contributed by atoms with van der Waals surface area (Å²) in [6, 6.07) is 5.77. The van der Waals surface area contributed by atoms with E-state index in [0.29, 0.717) is 5.92 Å². The summed E-state index contributed by atoms with van der Waals surface area (Å²) in [5.41, 5.74) is 0.957. The summed E-state index contributed by atoms with van der Waals surface area (Å²) in [6.45, 7) is 2.58. The molecular formula is C15H20O3. The van der Waals surface area contributed by atoms with Crippen LogP contribution in [0.4, 0.5) is 0 Å². The van der Waals surface area contributed by atoms with Gasteiger partial charge in [0.1, 0.15) is 0 Å². The third-order valence-corrected chi connectivity index (χ3v) is 4.25. The Balaban J connectivity index is 1.74. The van der Waals surface area contributed by atoms with Crippen LogP contribution in [-0.4, -0.2) is 11.9 Å². The van der Waals surface area contributed by atoms with Crippen LogP contribution in [0.1, 0.15) is 44.3 Å². The van der Waals surface area contributed by atoms with Crippen LogP contribution in [0.3, 0.4) is 0 Å². The van der Waals surface area contributed by atoms with Crippen LogP contribution in [0.15, 0.2) is 18.2 Å². The molecule has 1 saturated carbocycles. The SMILES string of the molecule is CC1CCC(C(O)c2ccc3c(c2)OCO3)CC1. The average Bonchev–Trinajstić information content (AvgIpc) is 2.86. The minimum Gasteiger partial charge on any atom is -0.454 e. The number of hydrogen-bond donors (Lipinski definition) is 1. The molecule has 1 heterocycles. The number of fused-ring (bicyclic) bond motifs is 1. The van der Waals surface area contributed by atoms with E-state index < -0.39 is 0 Å². The lowest BCUT2D eigenvalue weighted by molar-refractivity contribution is 0.0754. The predicted molar refractivity (Wildman–Crippen MR) is 68.6 cm³/mol. The van der Waals surface area contributed by atoms with Gasteiger partial charge in [-0.1, -0.05) is 25.8 Å². The average molecular weight is 248 g/mol. The zero-order valence-corrected chi connectivity index (χ0v) is 10.8. The van der Waals surface area contributed by atoms with Gasteiger partial charge in [-0.2, -0.15) is 0 Å². The molecule has 1 aromatic rings. The van der Waals surface area contributed by atoms with Crippen LogP contribution in [-0.2, 0) is 0 Å². The molecule has 0 radical (unpaired) electrons. The van der Waals surface area contributed by atoms with E-state index in [1.54, 1.807) is 0 Å². The molecule has 1 atom stereocenters. The molecule has 0 amide bonds. The number of rotatable bonds is 2. The van der Waals surface area contributed by atoms with Crippen molar-refractivity contribution in [3.8, 4) is 11.5 Å². The Morgan fingerprint density at radius 2 is 1.83 bits per heavy atom. The van der Waals surface area contributed by atoms with Gasteiger partial charge < -0.3 is 14.6 Å². The fourth-order valence-corrected chi connectivity index (χ4v) is 2.97. The van der Waals surface area contributed by atoms with Crippen molar-refractivity contribution in [2.75, 3.05) is 6.79 Å². The van der Waals surface area contributed by atoms with Gasteiger partial charge in [-0.3, -0.25) is 0 Å². The van der Waals surface area contributed by atoms with E-state index in [-0.39, 0.29) is 12.9 Å². The number of aliphatic hydroxyl groups excluding tert-OH is 1. The smallest absolute Gasteiger partial charge is 0.231 e. The summed E-state index contributed by atoms with van der Waals surface area (Å²) in [5.74, 6) is 2.74. The Morgan fingerprint density at radius 1 is 1.11 bits per heavy atom. The zero-order chi connectivity index (χ0) is 12.5. The number of ether oxygens (including phenoxy) is 2. The van der Waals surface area contributed by atoms with E-state index in [0.717, 1.165) is 35.8 Å². The molecular weight excluding hydrogens is 228 g/mol. The molecule has 0 bridgehead atoms. The topological polar surface area (TPSA) is 38.7 Å². The first-order chi connectivity index (χ1) is 8.74. The van der Waals surface area contributed by atoms with Crippen molar-refractivity contribution in [1.82, 2.24) is 0 Å². The predicted octanol–water partition coefficient (Wildman–Crippen LogP) is 3.28. The molecule has 1 N–H and O–H groups in total. The lowest BCUT2D eigenvalue weighted by Crippen LogP contribution is -2.19. The lowest BCUT2D eigenvalue weighted by atomic mass is 9.78. The molecule has 1 aromatic carbocycles. The van der Waals surface area contributed by atoms with Gasteiger partial charge in [0, 0.05) is 0 Å². The van der Waals surface area contributed by atoms with Crippen molar-refractivity contribution in [3.05, 3.63) is 23.8 Å². The molecule has 3 rings (SSSR count). The normalized spacial score (nSPS) is 28.1. The molecule has 1 unspecified atom stereocenters. The van der Waals surface area contributed by atoms with E-state index in [9.17, 15) is 5.11 Å². The van der Waals surface area contributed by atoms with E-state index in [1.165, 1.54) is 12.8 Å². The number of benzene rings is 1. The molecule has 3 heteroatoms. The molecule has 1 aliphatic carbocycles. The second-order valence-electron chi connectivity index (χ2n) is 5.58. The van der Waals surface area contributed by atoms with Gasteiger partial charge >= 0.3 is 0 Å². The minimum absolute atomic E-state index is 0.288. The maximum absolute atomic E-state index is 10.5. The van der Waals surface area contributed by atoms with Gasteiger partial charge in [0.15, 0.2) is 11.5 Å². The van der Waals surface area contributed by atoms with Crippen LogP contribution >= 0.6 is 0 Å². The summed E-state index contributed by atoms with van der Waals surface area (Å²) in [5, 5.41) is 10.5. The second-order valence-corrected chi connectivity index (χ2v) is 5.58. The van der Waals surface area contributed by atoms with Gasteiger partial charge in [-0.15, -0.1) is 0 Å². The van der Waals surface area contributed by atoms with Gasteiger partial charge in [-0.05, 0) is 42.4 Å². The van der Waals surface area contributed by atoms with Gasteiger partial charge in [-0.25, -0.2) is 0 Å². The van der Waals surface area contributed by atoms with Crippen LogP contribution < -0.4 is 9.47 Å². The van der Waals surface area contributed by atoms with E-state index in [1.807, 2.05) is 18.2 Å². The van der Waals surface area contributed by atoms with Crippen molar-refractivity contribution < 1.29 is 14.6 Å². The van der Waals surface area contributed by atoms with Crippen molar-refractivity contribution in [2.45, 2.75) is 38.7 Å². The maximum Gasteiger partial charge on any atom is 0.231 e. The first-order valence-electron chi connectivity index (χ1n) is 6.81. The Hall–Kier alpha value is -1.22. The van der Waals surface area contributed by atoms with Crippen LogP contribution in [0.2, 0.25) is 0 Å². The quantitative estimate of drug-likeness (QED) is 0.873. The van der Waals surface area contributed by atoms with Crippen LogP contribution in [0, 0.1) is 11.8 Å². The molecule has 1 fully saturated rings. The Labute approximate surface area is 108 Å². The fourth-order valence-electron chi connectivity index (χ4n) is 2.97. The van der Waals surface area contributed by atoms with Crippen molar-refractivity contribution in [1.29, 1.82) is 0 Å². The minimum atomic E-state index is -0.369. The second kappa shape index (κ2) is 4.81. The van der Waals surface area contributed by atoms with Gasteiger partial charge in [0.2, 0.25) is 6.79 Å².